The van der Waals surface area contributed by atoms with Crippen LogP contribution in [0.2, 0.25) is 0 Å². The quantitative estimate of drug-likeness (QED) is 0.556. The summed E-state index contributed by atoms with van der Waals surface area (Å²) in [7, 11) is 0. The van der Waals surface area contributed by atoms with E-state index >= 15 is 0 Å². The molecule has 0 heterocycles. The average molecular weight is 214 g/mol. The molecule has 0 aliphatic heterocycles. The second-order valence-electron chi connectivity index (χ2n) is 4.83. The SMILES string of the molecule is CCC1(C)CCc2cc(C=CC=O)ccc21. The van der Waals surface area contributed by atoms with Gasteiger partial charge in [0, 0.05) is 0 Å². The Morgan fingerprint density at radius 2 is 2.25 bits per heavy atom. The predicted molar refractivity (Wildman–Crippen MR) is 67.5 cm³/mol. The summed E-state index contributed by atoms with van der Waals surface area (Å²) in [6.45, 7) is 4.61. The fraction of sp³-hybridized carbons (Fsp3) is 0.400. The molecule has 0 fully saturated rings. The van der Waals surface area contributed by atoms with Crippen molar-refractivity contribution >= 4 is 12.4 Å². The molecule has 16 heavy (non-hydrogen) atoms. The number of carbonyl (C=O) groups excluding carboxylic acids is 1. The van der Waals surface area contributed by atoms with Gasteiger partial charge in [0.25, 0.3) is 0 Å². The van der Waals surface area contributed by atoms with E-state index in [-0.39, 0.29) is 0 Å². The Balaban J connectivity index is 2.36. The minimum Gasteiger partial charge on any atom is -0.299 e. The molecule has 1 heteroatoms. The average Bonchev–Trinajstić information content (AvgIpc) is 2.65. The van der Waals surface area contributed by atoms with Crippen molar-refractivity contribution in [2.24, 2.45) is 0 Å². The largest absolute Gasteiger partial charge is 0.299 e. The topological polar surface area (TPSA) is 17.1 Å². The van der Waals surface area contributed by atoms with Crippen molar-refractivity contribution in [3.8, 4) is 0 Å². The van der Waals surface area contributed by atoms with Gasteiger partial charge in [0.15, 0.2) is 0 Å². The van der Waals surface area contributed by atoms with Crippen molar-refractivity contribution in [3.05, 3.63) is 41.0 Å². The highest BCUT2D eigenvalue weighted by Crippen LogP contribution is 2.41. The van der Waals surface area contributed by atoms with E-state index in [2.05, 4.69) is 32.0 Å². The number of hydrogen-bond acceptors (Lipinski definition) is 1. The molecule has 0 spiro atoms. The number of rotatable bonds is 3. The number of hydrogen-bond donors (Lipinski definition) is 0. The van der Waals surface area contributed by atoms with E-state index in [1.54, 1.807) is 6.08 Å². The van der Waals surface area contributed by atoms with Crippen LogP contribution in [0.5, 0.6) is 0 Å². The molecule has 0 saturated carbocycles. The van der Waals surface area contributed by atoms with Crippen molar-refractivity contribution in [1.82, 2.24) is 0 Å². The Morgan fingerprint density at radius 3 is 2.94 bits per heavy atom. The van der Waals surface area contributed by atoms with Crippen LogP contribution in [0.1, 0.15) is 43.4 Å². The number of allylic oxidation sites excluding steroid dienone is 1. The Bertz CT molecular complexity index is 431. The summed E-state index contributed by atoms with van der Waals surface area (Å²) in [5.74, 6) is 0. The lowest BCUT2D eigenvalue weighted by molar-refractivity contribution is -0.104. The highest BCUT2D eigenvalue weighted by molar-refractivity contribution is 5.74. The summed E-state index contributed by atoms with van der Waals surface area (Å²) in [5.41, 5.74) is 4.45. The van der Waals surface area contributed by atoms with Crippen LogP contribution in [0.15, 0.2) is 24.3 Å². The van der Waals surface area contributed by atoms with Crippen LogP contribution < -0.4 is 0 Å². The molecule has 0 N–H and O–H groups in total. The zero-order valence-corrected chi connectivity index (χ0v) is 9.99. The van der Waals surface area contributed by atoms with Crippen LogP contribution in [-0.2, 0) is 16.6 Å². The lowest BCUT2D eigenvalue weighted by Gasteiger charge is -2.23. The minimum absolute atomic E-state index is 0.363. The van der Waals surface area contributed by atoms with Crippen LogP contribution in [0.4, 0.5) is 0 Å². The highest BCUT2D eigenvalue weighted by atomic mass is 16.1. The number of aryl methyl sites for hydroxylation is 1. The highest BCUT2D eigenvalue weighted by Gasteiger charge is 2.32. The molecule has 1 aliphatic rings. The lowest BCUT2D eigenvalue weighted by atomic mass is 9.81. The molecule has 0 radical (unpaired) electrons. The molecule has 1 aromatic rings. The van der Waals surface area contributed by atoms with E-state index in [9.17, 15) is 4.79 Å². The normalized spacial score (nSPS) is 23.6. The monoisotopic (exact) mass is 214 g/mol. The molecule has 0 saturated heterocycles. The first kappa shape index (κ1) is 11.1. The fourth-order valence-electron chi connectivity index (χ4n) is 2.58. The molecule has 0 bridgehead atoms. The van der Waals surface area contributed by atoms with Gasteiger partial charge in [0.2, 0.25) is 0 Å². The summed E-state index contributed by atoms with van der Waals surface area (Å²) in [6, 6.07) is 6.56. The smallest absolute Gasteiger partial charge is 0.142 e. The van der Waals surface area contributed by atoms with Gasteiger partial charge in [-0.1, -0.05) is 38.1 Å². The molecule has 2 rings (SSSR count). The first-order chi connectivity index (χ1) is 7.69. The van der Waals surface area contributed by atoms with Gasteiger partial charge in [-0.15, -0.1) is 0 Å². The van der Waals surface area contributed by atoms with Gasteiger partial charge in [0.05, 0.1) is 0 Å². The predicted octanol–water partition coefficient (Wildman–Crippen LogP) is 3.51. The van der Waals surface area contributed by atoms with Gasteiger partial charge < -0.3 is 0 Å². The van der Waals surface area contributed by atoms with Crippen LogP contribution >= 0.6 is 0 Å². The van der Waals surface area contributed by atoms with Crippen LogP contribution in [0.3, 0.4) is 0 Å². The Kier molecular flexibility index (Phi) is 2.95. The van der Waals surface area contributed by atoms with E-state index < -0.39 is 0 Å². The third-order valence-electron chi connectivity index (χ3n) is 3.87. The van der Waals surface area contributed by atoms with Gasteiger partial charge in [-0.25, -0.2) is 0 Å². The van der Waals surface area contributed by atoms with E-state index in [0.29, 0.717) is 5.41 Å². The van der Waals surface area contributed by atoms with E-state index in [1.165, 1.54) is 30.4 Å². The molecule has 0 amide bonds. The van der Waals surface area contributed by atoms with Crippen LogP contribution in [0, 0.1) is 0 Å². The van der Waals surface area contributed by atoms with Gasteiger partial charge in [-0.3, -0.25) is 4.79 Å². The molecular formula is C15H18O. The first-order valence-corrected chi connectivity index (χ1v) is 5.95. The lowest BCUT2D eigenvalue weighted by Crippen LogP contribution is -2.16. The van der Waals surface area contributed by atoms with Crippen molar-refractivity contribution < 1.29 is 4.79 Å². The van der Waals surface area contributed by atoms with E-state index in [4.69, 9.17) is 0 Å². The molecular weight excluding hydrogens is 196 g/mol. The Labute approximate surface area is 97.2 Å². The van der Waals surface area contributed by atoms with Gasteiger partial charge in [-0.05, 0) is 47.4 Å². The number of fused-ring (bicyclic) bond motifs is 1. The molecule has 1 nitrogen and oxygen atoms in total. The fourth-order valence-corrected chi connectivity index (χ4v) is 2.58. The standard InChI is InChI=1S/C15H18O/c1-3-15(2)9-8-13-11-12(5-4-10-16)6-7-14(13)15/h4-7,10-11H,3,8-9H2,1-2H3. The Hall–Kier alpha value is -1.37. The third kappa shape index (κ3) is 1.82. The Morgan fingerprint density at radius 1 is 1.44 bits per heavy atom. The summed E-state index contributed by atoms with van der Waals surface area (Å²) in [6.07, 6.45) is 7.86. The van der Waals surface area contributed by atoms with Crippen LogP contribution in [0.25, 0.3) is 6.08 Å². The summed E-state index contributed by atoms with van der Waals surface area (Å²) >= 11 is 0. The molecule has 0 aromatic heterocycles. The first-order valence-electron chi connectivity index (χ1n) is 5.95. The van der Waals surface area contributed by atoms with Crippen LogP contribution in [-0.4, -0.2) is 6.29 Å². The number of benzene rings is 1. The van der Waals surface area contributed by atoms with Crippen molar-refractivity contribution in [1.29, 1.82) is 0 Å². The van der Waals surface area contributed by atoms with Gasteiger partial charge in [0.1, 0.15) is 6.29 Å². The van der Waals surface area contributed by atoms with Gasteiger partial charge in [-0.2, -0.15) is 0 Å². The zero-order chi connectivity index (χ0) is 11.6. The van der Waals surface area contributed by atoms with E-state index in [1.807, 2.05) is 6.08 Å². The summed E-state index contributed by atoms with van der Waals surface area (Å²) in [5, 5.41) is 0. The second kappa shape index (κ2) is 4.25. The van der Waals surface area contributed by atoms with Crippen molar-refractivity contribution in [2.75, 3.05) is 0 Å². The van der Waals surface area contributed by atoms with Crippen molar-refractivity contribution in [3.63, 3.8) is 0 Å². The summed E-state index contributed by atoms with van der Waals surface area (Å²) in [4.78, 5) is 10.3. The zero-order valence-electron chi connectivity index (χ0n) is 9.99. The number of aldehydes is 1. The molecule has 1 aliphatic carbocycles. The maximum absolute atomic E-state index is 10.3. The second-order valence-corrected chi connectivity index (χ2v) is 4.83. The molecule has 84 valence electrons. The molecule has 1 unspecified atom stereocenters. The van der Waals surface area contributed by atoms with E-state index in [0.717, 1.165) is 11.8 Å². The molecule has 1 atom stereocenters. The molecule has 1 aromatic carbocycles. The number of carbonyl (C=O) groups is 1. The third-order valence-corrected chi connectivity index (χ3v) is 3.87. The van der Waals surface area contributed by atoms with Gasteiger partial charge >= 0.3 is 0 Å². The maximum Gasteiger partial charge on any atom is 0.142 e. The maximum atomic E-state index is 10.3. The minimum atomic E-state index is 0.363. The summed E-state index contributed by atoms with van der Waals surface area (Å²) < 4.78 is 0. The van der Waals surface area contributed by atoms with Crippen molar-refractivity contribution in [2.45, 2.75) is 38.5 Å².